The Morgan fingerprint density at radius 1 is 1.04 bits per heavy atom. The van der Waals surface area contributed by atoms with E-state index in [1.54, 1.807) is 6.07 Å². The predicted octanol–water partition coefficient (Wildman–Crippen LogP) is 3.24. The Morgan fingerprint density at radius 3 is 2.58 bits per heavy atom. The average molecular weight is 330 g/mol. The number of hydrogen-bond acceptors (Lipinski definition) is 3. The molecule has 0 atom stereocenters. The van der Waals surface area contributed by atoms with Crippen LogP contribution in [0.25, 0.3) is 10.9 Å². The summed E-state index contributed by atoms with van der Waals surface area (Å²) in [5, 5.41) is 3.15. The van der Waals surface area contributed by atoms with Crippen molar-refractivity contribution in [2.75, 3.05) is 11.9 Å². The van der Waals surface area contributed by atoms with Crippen molar-refractivity contribution in [3.05, 3.63) is 65.9 Å². The van der Waals surface area contributed by atoms with Crippen molar-refractivity contribution >= 4 is 28.5 Å². The second-order valence-corrected chi connectivity index (χ2v) is 5.02. The number of fused-ring (bicyclic) bond motifs is 1. The van der Waals surface area contributed by atoms with E-state index in [4.69, 9.17) is 4.74 Å². The molecule has 0 spiro atoms. The molecule has 3 aromatic rings. The maximum absolute atomic E-state index is 13.1. The van der Waals surface area contributed by atoms with E-state index in [1.165, 1.54) is 6.07 Å². The Labute approximate surface area is 135 Å². The van der Waals surface area contributed by atoms with Crippen LogP contribution in [0, 0.1) is 11.6 Å². The van der Waals surface area contributed by atoms with E-state index >= 15 is 0 Å². The summed E-state index contributed by atoms with van der Waals surface area (Å²) >= 11 is 0. The van der Waals surface area contributed by atoms with Gasteiger partial charge in [-0.05, 0) is 24.3 Å². The van der Waals surface area contributed by atoms with Gasteiger partial charge in [0, 0.05) is 22.7 Å². The van der Waals surface area contributed by atoms with Crippen LogP contribution < -0.4 is 5.32 Å². The maximum Gasteiger partial charge on any atom is 0.355 e. The van der Waals surface area contributed by atoms with E-state index in [0.29, 0.717) is 0 Å². The van der Waals surface area contributed by atoms with Crippen LogP contribution in [0.3, 0.4) is 0 Å². The number of hydrogen-bond donors (Lipinski definition) is 2. The van der Waals surface area contributed by atoms with Crippen molar-refractivity contribution in [2.24, 2.45) is 0 Å². The smallest absolute Gasteiger partial charge is 0.355 e. The van der Waals surface area contributed by atoms with Crippen LogP contribution in [0.5, 0.6) is 0 Å². The molecule has 24 heavy (non-hydrogen) atoms. The Bertz CT molecular complexity index is 888. The number of esters is 1. The number of carbonyl (C=O) groups excluding carboxylic acids is 2. The molecule has 0 saturated carbocycles. The lowest BCUT2D eigenvalue weighted by Gasteiger charge is -2.06. The topological polar surface area (TPSA) is 71.2 Å². The maximum atomic E-state index is 13.1. The summed E-state index contributed by atoms with van der Waals surface area (Å²) in [6.45, 7) is -0.548. The number of aromatic nitrogens is 1. The first-order valence-corrected chi connectivity index (χ1v) is 7.03. The summed E-state index contributed by atoms with van der Waals surface area (Å²) in [5.41, 5.74) is 1.06. The molecule has 0 aliphatic rings. The number of H-pyrrole nitrogens is 1. The minimum absolute atomic E-state index is 0.0700. The van der Waals surface area contributed by atoms with Crippen LogP contribution in [-0.2, 0) is 9.53 Å². The molecule has 3 rings (SSSR count). The molecule has 0 bridgehead atoms. The van der Waals surface area contributed by atoms with Gasteiger partial charge in [0.2, 0.25) is 0 Å². The van der Waals surface area contributed by atoms with Gasteiger partial charge in [0.1, 0.15) is 5.69 Å². The number of rotatable bonds is 4. The Morgan fingerprint density at radius 2 is 1.83 bits per heavy atom. The second kappa shape index (κ2) is 6.49. The normalized spacial score (nSPS) is 10.6. The van der Waals surface area contributed by atoms with Gasteiger partial charge in [0.05, 0.1) is 0 Å². The fourth-order valence-corrected chi connectivity index (χ4v) is 2.16. The van der Waals surface area contributed by atoms with E-state index in [0.717, 1.165) is 23.0 Å². The fourth-order valence-electron chi connectivity index (χ4n) is 2.16. The van der Waals surface area contributed by atoms with Gasteiger partial charge >= 0.3 is 5.97 Å². The zero-order chi connectivity index (χ0) is 17.1. The van der Waals surface area contributed by atoms with Crippen LogP contribution in [0.15, 0.2) is 48.5 Å². The molecular formula is C17H12F2N2O3. The summed E-state index contributed by atoms with van der Waals surface area (Å²) in [6, 6.07) is 11.8. The largest absolute Gasteiger partial charge is 0.451 e. The average Bonchev–Trinajstić information content (AvgIpc) is 3.00. The number of para-hydroxylation sites is 1. The standard InChI is InChI=1S/C17H12F2N2O3/c18-12-6-5-11(8-13(12)19)20-16(22)9-24-17(23)15-7-10-3-1-2-4-14(10)21-15/h1-8,21H,9H2,(H,20,22). The molecule has 122 valence electrons. The van der Waals surface area contributed by atoms with E-state index in [-0.39, 0.29) is 11.4 Å². The molecule has 0 radical (unpaired) electrons. The van der Waals surface area contributed by atoms with Crippen LogP contribution in [0.2, 0.25) is 0 Å². The third kappa shape index (κ3) is 3.40. The minimum atomic E-state index is -1.08. The number of ether oxygens (including phenoxy) is 1. The second-order valence-electron chi connectivity index (χ2n) is 5.02. The number of aromatic amines is 1. The highest BCUT2D eigenvalue weighted by Gasteiger charge is 2.13. The number of amides is 1. The first kappa shape index (κ1) is 15.7. The van der Waals surface area contributed by atoms with Crippen molar-refractivity contribution in [3.8, 4) is 0 Å². The Balaban J connectivity index is 1.59. The number of halogens is 2. The molecule has 0 fully saturated rings. The van der Waals surface area contributed by atoms with Crippen molar-refractivity contribution < 1.29 is 23.1 Å². The van der Waals surface area contributed by atoms with Gasteiger partial charge in [0.15, 0.2) is 18.2 Å². The van der Waals surface area contributed by atoms with Gasteiger partial charge < -0.3 is 15.0 Å². The van der Waals surface area contributed by atoms with Gasteiger partial charge in [-0.2, -0.15) is 0 Å². The summed E-state index contributed by atoms with van der Waals surface area (Å²) in [6.07, 6.45) is 0. The number of nitrogens with one attached hydrogen (secondary N) is 2. The molecule has 2 aromatic carbocycles. The third-order valence-corrected chi connectivity index (χ3v) is 3.29. The molecule has 0 saturated heterocycles. The first-order valence-electron chi connectivity index (χ1n) is 7.03. The lowest BCUT2D eigenvalue weighted by atomic mass is 10.2. The van der Waals surface area contributed by atoms with Gasteiger partial charge in [-0.25, -0.2) is 13.6 Å². The molecule has 0 aliphatic carbocycles. The zero-order valence-electron chi connectivity index (χ0n) is 12.3. The quantitative estimate of drug-likeness (QED) is 0.722. The fraction of sp³-hybridized carbons (Fsp3) is 0.0588. The van der Waals surface area contributed by atoms with Crippen LogP contribution in [-0.4, -0.2) is 23.5 Å². The monoisotopic (exact) mass is 330 g/mol. The highest BCUT2D eigenvalue weighted by atomic mass is 19.2. The lowest BCUT2D eigenvalue weighted by molar-refractivity contribution is -0.119. The van der Waals surface area contributed by atoms with Gasteiger partial charge in [0.25, 0.3) is 5.91 Å². The molecular weight excluding hydrogens is 318 g/mol. The summed E-state index contributed by atoms with van der Waals surface area (Å²) in [4.78, 5) is 26.5. The van der Waals surface area contributed by atoms with Gasteiger partial charge in [-0.15, -0.1) is 0 Å². The molecule has 1 heterocycles. The third-order valence-electron chi connectivity index (χ3n) is 3.29. The first-order chi connectivity index (χ1) is 11.5. The number of anilines is 1. The van der Waals surface area contributed by atoms with Crippen LogP contribution >= 0.6 is 0 Å². The molecule has 1 aromatic heterocycles. The lowest BCUT2D eigenvalue weighted by Crippen LogP contribution is -2.21. The molecule has 7 heteroatoms. The van der Waals surface area contributed by atoms with E-state index in [9.17, 15) is 18.4 Å². The summed E-state index contributed by atoms with van der Waals surface area (Å²) < 4.78 is 30.8. The van der Waals surface area contributed by atoms with Crippen LogP contribution in [0.1, 0.15) is 10.5 Å². The highest BCUT2D eigenvalue weighted by Crippen LogP contribution is 2.15. The molecule has 2 N–H and O–H groups in total. The number of benzene rings is 2. The molecule has 0 aliphatic heterocycles. The van der Waals surface area contributed by atoms with Gasteiger partial charge in [-0.3, -0.25) is 4.79 Å². The SMILES string of the molecule is O=C(COC(=O)c1cc2ccccc2[nH]1)Nc1ccc(F)c(F)c1. The zero-order valence-corrected chi connectivity index (χ0v) is 12.3. The van der Waals surface area contributed by atoms with Gasteiger partial charge in [-0.1, -0.05) is 18.2 Å². The van der Waals surface area contributed by atoms with E-state index in [2.05, 4.69) is 10.3 Å². The van der Waals surface area contributed by atoms with E-state index < -0.39 is 30.1 Å². The molecule has 1 amide bonds. The Kier molecular flexibility index (Phi) is 4.24. The van der Waals surface area contributed by atoms with Crippen molar-refractivity contribution in [2.45, 2.75) is 0 Å². The molecule has 5 nitrogen and oxygen atoms in total. The van der Waals surface area contributed by atoms with Crippen LogP contribution in [0.4, 0.5) is 14.5 Å². The predicted molar refractivity (Wildman–Crippen MR) is 83.6 cm³/mol. The van der Waals surface area contributed by atoms with Crippen molar-refractivity contribution in [3.63, 3.8) is 0 Å². The number of carbonyl (C=O) groups is 2. The van der Waals surface area contributed by atoms with Crippen molar-refractivity contribution in [1.29, 1.82) is 0 Å². The summed E-state index contributed by atoms with van der Waals surface area (Å²) in [5.74, 6) is -3.45. The molecule has 0 unspecified atom stereocenters. The summed E-state index contributed by atoms with van der Waals surface area (Å²) in [7, 11) is 0. The Hall–Kier alpha value is -3.22. The minimum Gasteiger partial charge on any atom is -0.451 e. The van der Waals surface area contributed by atoms with Crippen molar-refractivity contribution in [1.82, 2.24) is 4.98 Å². The van der Waals surface area contributed by atoms with E-state index in [1.807, 2.05) is 24.3 Å². The highest BCUT2D eigenvalue weighted by molar-refractivity contribution is 5.97.